The molecule has 10 rings (SSSR count). The Balaban J connectivity index is 1.11. The number of rotatable bonds is 7. The first-order valence-corrected chi connectivity index (χ1v) is 19.3. The number of aromatic nitrogens is 1. The average Bonchev–Trinajstić information content (AvgIpc) is 3.60. The predicted octanol–water partition coefficient (Wildman–Crippen LogP) is 14.0. The Morgan fingerprint density at radius 3 is 1.91 bits per heavy atom. The lowest BCUT2D eigenvalue weighted by Gasteiger charge is -2.29. The molecule has 6 aromatic carbocycles. The molecule has 1 aromatic heterocycles. The Kier molecular flexibility index (Phi) is 8.30. The van der Waals surface area contributed by atoms with E-state index in [0.717, 1.165) is 19.3 Å². The van der Waals surface area contributed by atoms with E-state index in [1.165, 1.54) is 72.4 Å². The van der Waals surface area contributed by atoms with Gasteiger partial charge in [0, 0.05) is 51.3 Å². The number of fused-ring (bicyclic) bond motifs is 5. The first-order valence-electron chi connectivity index (χ1n) is 19.3. The van der Waals surface area contributed by atoms with Crippen molar-refractivity contribution in [3.05, 3.63) is 222 Å². The van der Waals surface area contributed by atoms with Crippen molar-refractivity contribution in [1.29, 1.82) is 0 Å². The first kappa shape index (κ1) is 32.3. The predicted molar refractivity (Wildman–Crippen MR) is 229 cm³/mol. The van der Waals surface area contributed by atoms with Crippen molar-refractivity contribution in [2.75, 3.05) is 4.90 Å². The van der Waals surface area contributed by atoms with Crippen LogP contribution in [0, 0.1) is 0 Å². The Bertz CT molecular complexity index is 2650. The highest BCUT2D eigenvalue weighted by molar-refractivity contribution is 6.09. The number of anilines is 3. The molecule has 54 heavy (non-hydrogen) atoms. The van der Waals surface area contributed by atoms with E-state index in [1.54, 1.807) is 0 Å². The average molecular weight is 695 g/mol. The molecule has 0 amide bonds. The van der Waals surface area contributed by atoms with Crippen LogP contribution in [0.25, 0.3) is 33.4 Å². The summed E-state index contributed by atoms with van der Waals surface area (Å²) in [5.74, 6) is 1.00. The SMILES string of the molecule is C1=CCC(c2ccc(N(c3cccc(C4C=CC=CC4)c3)c3cccc(C4CC=Cc5c4c4ccc6ccccc6c4n5-c4ccccc4)c3)cc2)C=C1. The van der Waals surface area contributed by atoms with Gasteiger partial charge in [0.05, 0.1) is 11.2 Å². The zero-order valence-electron chi connectivity index (χ0n) is 30.3. The lowest BCUT2D eigenvalue weighted by atomic mass is 9.83. The van der Waals surface area contributed by atoms with E-state index < -0.39 is 0 Å². The molecule has 1 heterocycles. The van der Waals surface area contributed by atoms with Crippen molar-refractivity contribution in [1.82, 2.24) is 4.57 Å². The Hall–Kier alpha value is -6.38. The molecule has 0 saturated carbocycles. The van der Waals surface area contributed by atoms with Gasteiger partial charge in [-0.1, -0.05) is 146 Å². The third-order valence-corrected chi connectivity index (χ3v) is 11.6. The number of hydrogen-bond acceptors (Lipinski definition) is 1. The zero-order chi connectivity index (χ0) is 35.8. The van der Waals surface area contributed by atoms with E-state index in [9.17, 15) is 0 Å². The van der Waals surface area contributed by atoms with Crippen LogP contribution in [-0.4, -0.2) is 4.57 Å². The Labute approximate surface area is 318 Å². The van der Waals surface area contributed by atoms with Gasteiger partial charge in [-0.3, -0.25) is 0 Å². The lowest BCUT2D eigenvalue weighted by Crippen LogP contribution is -2.12. The molecule has 0 saturated heterocycles. The molecule has 0 N–H and O–H groups in total. The topological polar surface area (TPSA) is 8.17 Å². The maximum Gasteiger partial charge on any atom is 0.0616 e. The van der Waals surface area contributed by atoms with Crippen LogP contribution in [0.2, 0.25) is 0 Å². The third-order valence-electron chi connectivity index (χ3n) is 11.6. The molecule has 0 spiro atoms. The molecule has 0 fully saturated rings. The van der Waals surface area contributed by atoms with E-state index in [4.69, 9.17) is 0 Å². The van der Waals surface area contributed by atoms with Crippen molar-refractivity contribution >= 4 is 44.8 Å². The van der Waals surface area contributed by atoms with Gasteiger partial charge >= 0.3 is 0 Å². The van der Waals surface area contributed by atoms with Crippen LogP contribution in [0.3, 0.4) is 0 Å². The highest BCUT2D eigenvalue weighted by Gasteiger charge is 2.28. The summed E-state index contributed by atoms with van der Waals surface area (Å²) in [4.78, 5) is 2.45. The fraction of sp³-hybridized carbons (Fsp3) is 0.115. The molecule has 3 aliphatic rings. The van der Waals surface area contributed by atoms with E-state index in [1.807, 2.05) is 0 Å². The van der Waals surface area contributed by atoms with Crippen molar-refractivity contribution in [2.45, 2.75) is 37.0 Å². The molecule has 3 unspecified atom stereocenters. The standard InChI is InChI=1S/C52H42N2/c1-4-15-37(16-5-1)39-29-32-44(33-30-39)53(45-24-12-20-41(35-45)38-17-6-2-7-18-38)46-25-13-21-42(36-46)47-27-14-28-50-51(47)49-34-31-40-19-10-11-26-48(40)52(49)54(50)43-22-8-3-9-23-43/h1-15,17,19-26,28-38,47H,16,18,27H2. The van der Waals surface area contributed by atoms with Gasteiger partial charge in [0.1, 0.15) is 0 Å². The zero-order valence-corrected chi connectivity index (χ0v) is 30.3. The second-order valence-electron chi connectivity index (χ2n) is 14.8. The number of hydrogen-bond donors (Lipinski definition) is 0. The minimum atomic E-state index is 0.208. The van der Waals surface area contributed by atoms with Crippen LogP contribution in [0.1, 0.15) is 65.0 Å². The van der Waals surface area contributed by atoms with E-state index in [-0.39, 0.29) is 5.92 Å². The van der Waals surface area contributed by atoms with Crippen LogP contribution in [0.15, 0.2) is 194 Å². The number of nitrogens with zero attached hydrogens (tertiary/aromatic N) is 2. The third kappa shape index (κ3) is 5.76. The molecule has 2 nitrogen and oxygen atoms in total. The van der Waals surface area contributed by atoms with Gasteiger partial charge in [-0.2, -0.15) is 0 Å². The highest BCUT2D eigenvalue weighted by Crippen LogP contribution is 2.46. The van der Waals surface area contributed by atoms with Crippen LogP contribution >= 0.6 is 0 Å². The summed E-state index contributed by atoms with van der Waals surface area (Å²) in [6, 6.07) is 52.1. The van der Waals surface area contributed by atoms with Crippen LogP contribution in [-0.2, 0) is 0 Å². The maximum absolute atomic E-state index is 2.49. The molecule has 0 aliphatic heterocycles. The molecular formula is C52H42N2. The second-order valence-corrected chi connectivity index (χ2v) is 14.8. The number of allylic oxidation sites excluding steroid dienone is 9. The Morgan fingerprint density at radius 1 is 0.481 bits per heavy atom. The van der Waals surface area contributed by atoms with Crippen LogP contribution in [0.4, 0.5) is 17.1 Å². The monoisotopic (exact) mass is 694 g/mol. The minimum absolute atomic E-state index is 0.208. The van der Waals surface area contributed by atoms with E-state index >= 15 is 0 Å². The van der Waals surface area contributed by atoms with Gasteiger partial charge in [-0.25, -0.2) is 0 Å². The maximum atomic E-state index is 2.49. The molecule has 0 bridgehead atoms. The lowest BCUT2D eigenvalue weighted by molar-refractivity contribution is 0.819. The van der Waals surface area contributed by atoms with Crippen molar-refractivity contribution in [2.24, 2.45) is 0 Å². The van der Waals surface area contributed by atoms with Gasteiger partial charge in [-0.15, -0.1) is 0 Å². The molecular weight excluding hydrogens is 653 g/mol. The highest BCUT2D eigenvalue weighted by atomic mass is 15.1. The molecule has 7 aromatic rings. The summed E-state index contributed by atoms with van der Waals surface area (Å²) < 4.78 is 2.49. The molecule has 3 aliphatic carbocycles. The van der Waals surface area contributed by atoms with Gasteiger partial charge in [0.15, 0.2) is 0 Å². The second kappa shape index (κ2) is 13.9. The quantitative estimate of drug-likeness (QED) is 0.161. The fourth-order valence-corrected chi connectivity index (χ4v) is 8.95. The normalized spacial score (nSPS) is 18.7. The number of para-hydroxylation sites is 1. The molecule has 2 heteroatoms. The van der Waals surface area contributed by atoms with Crippen LogP contribution in [0.5, 0.6) is 0 Å². The Morgan fingerprint density at radius 2 is 1.17 bits per heavy atom. The summed E-state index contributed by atoms with van der Waals surface area (Å²) in [6.45, 7) is 0. The van der Waals surface area contributed by atoms with Gasteiger partial charge in [-0.05, 0) is 102 Å². The smallest absolute Gasteiger partial charge is 0.0616 e. The van der Waals surface area contributed by atoms with Gasteiger partial charge in [0.25, 0.3) is 0 Å². The largest absolute Gasteiger partial charge is 0.310 e. The van der Waals surface area contributed by atoms with E-state index in [2.05, 4.69) is 210 Å². The summed E-state index contributed by atoms with van der Waals surface area (Å²) in [5, 5.41) is 3.87. The molecule has 0 radical (unpaired) electrons. The summed E-state index contributed by atoms with van der Waals surface area (Å²) in [5.41, 5.74) is 12.7. The number of benzene rings is 6. The molecule has 260 valence electrons. The van der Waals surface area contributed by atoms with Crippen molar-refractivity contribution < 1.29 is 0 Å². The van der Waals surface area contributed by atoms with Crippen LogP contribution < -0.4 is 4.90 Å². The van der Waals surface area contributed by atoms with Gasteiger partial charge in [0.2, 0.25) is 0 Å². The first-order chi connectivity index (χ1) is 26.8. The summed E-state index contributed by atoms with van der Waals surface area (Å²) in [6.07, 6.45) is 25.6. The molecule has 3 atom stereocenters. The van der Waals surface area contributed by atoms with E-state index in [0.29, 0.717) is 11.8 Å². The minimum Gasteiger partial charge on any atom is -0.310 e. The van der Waals surface area contributed by atoms with Crippen molar-refractivity contribution in [3.63, 3.8) is 0 Å². The van der Waals surface area contributed by atoms with Gasteiger partial charge < -0.3 is 9.47 Å². The van der Waals surface area contributed by atoms with Crippen molar-refractivity contribution in [3.8, 4) is 5.69 Å². The summed E-state index contributed by atoms with van der Waals surface area (Å²) >= 11 is 0. The summed E-state index contributed by atoms with van der Waals surface area (Å²) in [7, 11) is 0. The fourth-order valence-electron chi connectivity index (χ4n) is 8.95.